The van der Waals surface area contributed by atoms with Gasteiger partial charge in [-0.3, -0.25) is 14.4 Å². The SMILES string of the molecule is CC(=O)N1CCC(CC(=O)Nc2nc3ccccc3s2)(N2Cc3ccccc3C2=O)CC1. The Morgan fingerprint density at radius 1 is 1.09 bits per heavy atom. The molecule has 0 atom stereocenters. The Hall–Kier alpha value is -3.26. The third-order valence-electron chi connectivity index (χ3n) is 6.56. The van der Waals surface area contributed by atoms with E-state index in [4.69, 9.17) is 0 Å². The summed E-state index contributed by atoms with van der Waals surface area (Å²) in [4.78, 5) is 46.5. The first kappa shape index (κ1) is 20.6. The van der Waals surface area contributed by atoms with Crippen molar-refractivity contribution in [1.82, 2.24) is 14.8 Å². The number of nitrogens with zero attached hydrogens (tertiary/aromatic N) is 3. The normalized spacial score (nSPS) is 17.5. The van der Waals surface area contributed by atoms with E-state index >= 15 is 0 Å². The van der Waals surface area contributed by atoms with E-state index in [1.807, 2.05) is 53.4 Å². The highest BCUT2D eigenvalue weighted by Crippen LogP contribution is 2.39. The Bertz CT molecular complexity index is 1180. The lowest BCUT2D eigenvalue weighted by molar-refractivity contribution is -0.131. The molecule has 0 radical (unpaired) electrons. The molecule has 1 N–H and O–H groups in total. The van der Waals surface area contributed by atoms with Gasteiger partial charge in [0.1, 0.15) is 0 Å². The number of carbonyl (C=O) groups is 3. The van der Waals surface area contributed by atoms with E-state index in [2.05, 4.69) is 10.3 Å². The quantitative estimate of drug-likeness (QED) is 0.660. The molecule has 7 nitrogen and oxygen atoms in total. The number of hydrogen-bond acceptors (Lipinski definition) is 5. The number of thiazole rings is 1. The Morgan fingerprint density at radius 2 is 1.81 bits per heavy atom. The highest BCUT2D eigenvalue weighted by Gasteiger charge is 2.47. The van der Waals surface area contributed by atoms with E-state index < -0.39 is 5.54 Å². The number of likely N-dealkylation sites (tertiary alicyclic amines) is 1. The van der Waals surface area contributed by atoms with Crippen LogP contribution in [0.4, 0.5) is 5.13 Å². The molecule has 2 aliphatic heterocycles. The molecule has 164 valence electrons. The molecule has 2 aliphatic rings. The summed E-state index contributed by atoms with van der Waals surface area (Å²) in [7, 11) is 0. The lowest BCUT2D eigenvalue weighted by atomic mass is 9.82. The van der Waals surface area contributed by atoms with E-state index in [1.54, 1.807) is 11.8 Å². The average Bonchev–Trinajstić information content (AvgIpc) is 3.34. The fraction of sp³-hybridized carbons (Fsp3) is 0.333. The molecule has 0 bridgehead atoms. The second-order valence-electron chi connectivity index (χ2n) is 8.49. The van der Waals surface area contributed by atoms with Gasteiger partial charge >= 0.3 is 0 Å². The number of aromatic nitrogens is 1. The monoisotopic (exact) mass is 448 g/mol. The van der Waals surface area contributed by atoms with Crippen LogP contribution in [-0.4, -0.2) is 51.1 Å². The minimum atomic E-state index is -0.636. The molecule has 1 saturated heterocycles. The van der Waals surface area contributed by atoms with Crippen molar-refractivity contribution in [3.05, 3.63) is 59.7 Å². The molecule has 32 heavy (non-hydrogen) atoms. The number of hydrogen-bond donors (Lipinski definition) is 1. The Kier molecular flexibility index (Phi) is 5.17. The molecule has 3 aromatic rings. The predicted molar refractivity (Wildman–Crippen MR) is 123 cm³/mol. The highest BCUT2D eigenvalue weighted by molar-refractivity contribution is 7.22. The first-order chi connectivity index (χ1) is 15.4. The van der Waals surface area contributed by atoms with Gasteiger partial charge in [0.05, 0.1) is 22.2 Å². The van der Waals surface area contributed by atoms with Gasteiger partial charge in [-0.15, -0.1) is 0 Å². The summed E-state index contributed by atoms with van der Waals surface area (Å²) in [5.41, 5.74) is 1.90. The van der Waals surface area contributed by atoms with Crippen LogP contribution in [0, 0.1) is 0 Å². The van der Waals surface area contributed by atoms with Crippen molar-refractivity contribution in [2.45, 2.75) is 38.3 Å². The summed E-state index contributed by atoms with van der Waals surface area (Å²) in [5.74, 6) is -0.178. The van der Waals surface area contributed by atoms with Gasteiger partial charge in [-0.1, -0.05) is 41.7 Å². The van der Waals surface area contributed by atoms with Crippen LogP contribution in [0.3, 0.4) is 0 Å². The summed E-state index contributed by atoms with van der Waals surface area (Å²) in [5, 5.41) is 3.51. The number of piperidine rings is 1. The third-order valence-corrected chi connectivity index (χ3v) is 7.52. The molecule has 2 aromatic carbocycles. The molecular weight excluding hydrogens is 424 g/mol. The van der Waals surface area contributed by atoms with Crippen molar-refractivity contribution in [3.63, 3.8) is 0 Å². The number of anilines is 1. The lowest BCUT2D eigenvalue weighted by Gasteiger charge is -2.47. The van der Waals surface area contributed by atoms with Crippen LogP contribution in [0.1, 0.15) is 42.1 Å². The Labute approximate surface area is 190 Å². The lowest BCUT2D eigenvalue weighted by Crippen LogP contribution is -2.57. The zero-order valence-electron chi connectivity index (χ0n) is 17.8. The molecule has 3 heterocycles. The number of para-hydroxylation sites is 1. The van der Waals surface area contributed by atoms with Gasteiger partial charge in [-0.2, -0.15) is 0 Å². The number of benzene rings is 2. The molecule has 0 saturated carbocycles. The van der Waals surface area contributed by atoms with E-state index in [0.717, 1.165) is 15.8 Å². The maximum atomic E-state index is 13.3. The minimum Gasteiger partial charge on any atom is -0.343 e. The molecule has 0 unspecified atom stereocenters. The zero-order valence-corrected chi connectivity index (χ0v) is 18.7. The zero-order chi connectivity index (χ0) is 22.3. The predicted octanol–water partition coefficient (Wildman–Crippen LogP) is 3.66. The van der Waals surface area contributed by atoms with Gasteiger partial charge in [0.25, 0.3) is 5.91 Å². The van der Waals surface area contributed by atoms with Crippen LogP contribution in [-0.2, 0) is 16.1 Å². The van der Waals surface area contributed by atoms with E-state index in [9.17, 15) is 14.4 Å². The average molecular weight is 449 g/mol. The van der Waals surface area contributed by atoms with Gasteiger partial charge in [0.2, 0.25) is 11.8 Å². The second kappa shape index (κ2) is 8.02. The summed E-state index contributed by atoms with van der Waals surface area (Å²) < 4.78 is 1.01. The van der Waals surface area contributed by atoms with Crippen molar-refractivity contribution < 1.29 is 14.4 Å². The number of carbonyl (C=O) groups excluding carboxylic acids is 3. The second-order valence-corrected chi connectivity index (χ2v) is 9.52. The van der Waals surface area contributed by atoms with Crippen molar-refractivity contribution in [2.75, 3.05) is 18.4 Å². The molecule has 0 spiro atoms. The van der Waals surface area contributed by atoms with Gasteiger partial charge in [0, 0.05) is 32.1 Å². The Morgan fingerprint density at radius 3 is 2.53 bits per heavy atom. The van der Waals surface area contributed by atoms with E-state index in [-0.39, 0.29) is 24.1 Å². The van der Waals surface area contributed by atoms with E-state index in [1.165, 1.54) is 11.3 Å². The smallest absolute Gasteiger partial charge is 0.254 e. The molecule has 1 fully saturated rings. The Balaban J connectivity index is 1.39. The van der Waals surface area contributed by atoms with Gasteiger partial charge in [0.15, 0.2) is 5.13 Å². The van der Waals surface area contributed by atoms with Crippen LogP contribution in [0.25, 0.3) is 10.2 Å². The molecule has 3 amide bonds. The molecule has 5 rings (SSSR count). The largest absolute Gasteiger partial charge is 0.343 e. The topological polar surface area (TPSA) is 82.6 Å². The van der Waals surface area contributed by atoms with Crippen molar-refractivity contribution in [1.29, 1.82) is 0 Å². The van der Waals surface area contributed by atoms with Crippen molar-refractivity contribution in [3.8, 4) is 0 Å². The molecule has 8 heteroatoms. The highest BCUT2D eigenvalue weighted by atomic mass is 32.1. The minimum absolute atomic E-state index is 0.0218. The van der Waals surface area contributed by atoms with Crippen LogP contribution in [0.15, 0.2) is 48.5 Å². The summed E-state index contributed by atoms with van der Waals surface area (Å²) in [6.07, 6.45) is 1.31. The molecule has 0 aliphatic carbocycles. The maximum absolute atomic E-state index is 13.3. The maximum Gasteiger partial charge on any atom is 0.254 e. The van der Waals surface area contributed by atoms with Gasteiger partial charge < -0.3 is 15.1 Å². The van der Waals surface area contributed by atoms with Gasteiger partial charge in [-0.25, -0.2) is 4.98 Å². The van der Waals surface area contributed by atoms with Crippen LogP contribution in [0.2, 0.25) is 0 Å². The summed E-state index contributed by atoms with van der Waals surface area (Å²) >= 11 is 1.44. The van der Waals surface area contributed by atoms with Gasteiger partial charge in [-0.05, 0) is 36.6 Å². The first-order valence-corrected chi connectivity index (χ1v) is 11.6. The molecular formula is C24H24N4O3S. The van der Waals surface area contributed by atoms with Crippen LogP contribution >= 0.6 is 11.3 Å². The van der Waals surface area contributed by atoms with Crippen molar-refractivity contribution in [2.24, 2.45) is 0 Å². The number of fused-ring (bicyclic) bond motifs is 2. The van der Waals surface area contributed by atoms with Crippen LogP contribution in [0.5, 0.6) is 0 Å². The summed E-state index contributed by atoms with van der Waals surface area (Å²) in [6.45, 7) is 3.11. The molecule has 1 aromatic heterocycles. The number of rotatable bonds is 4. The van der Waals surface area contributed by atoms with Crippen molar-refractivity contribution >= 4 is 44.4 Å². The van der Waals surface area contributed by atoms with Crippen LogP contribution < -0.4 is 5.32 Å². The summed E-state index contributed by atoms with van der Waals surface area (Å²) in [6, 6.07) is 15.4. The standard InChI is InChI=1S/C24H24N4O3S/c1-16(29)27-12-10-24(11-13-27,28-15-17-6-2-3-7-18(17)22(28)31)14-21(30)26-23-25-19-8-4-5-9-20(19)32-23/h2-9H,10-15H2,1H3,(H,25,26,30). The van der Waals surface area contributed by atoms with E-state index in [0.29, 0.717) is 43.2 Å². The fourth-order valence-electron chi connectivity index (χ4n) is 4.81. The third kappa shape index (κ3) is 3.64. The first-order valence-electron chi connectivity index (χ1n) is 10.8. The number of nitrogens with one attached hydrogen (secondary N) is 1. The number of amides is 3. The fourth-order valence-corrected chi connectivity index (χ4v) is 5.69.